The number of aryl methyl sites for hydroxylation is 1. The molecule has 0 radical (unpaired) electrons. The van der Waals surface area contributed by atoms with E-state index < -0.39 is 5.97 Å². The van der Waals surface area contributed by atoms with Gasteiger partial charge in [0.05, 0.1) is 5.56 Å². The van der Waals surface area contributed by atoms with E-state index in [1.807, 2.05) is 31.2 Å². The van der Waals surface area contributed by atoms with Gasteiger partial charge in [0.15, 0.2) is 11.5 Å². The van der Waals surface area contributed by atoms with Crippen molar-refractivity contribution in [1.29, 1.82) is 0 Å². The molecule has 0 saturated heterocycles. The Morgan fingerprint density at radius 1 is 1.16 bits per heavy atom. The first-order valence-electron chi connectivity index (χ1n) is 5.80. The van der Waals surface area contributed by atoms with Gasteiger partial charge in [0.1, 0.15) is 0 Å². The molecule has 2 aromatic heterocycles. The number of carboxylic acids is 1. The Balaban J connectivity index is 2.15. The van der Waals surface area contributed by atoms with E-state index >= 15 is 0 Å². The summed E-state index contributed by atoms with van der Waals surface area (Å²) in [4.78, 5) is 10.9. The van der Waals surface area contributed by atoms with Crippen LogP contribution in [-0.4, -0.2) is 25.7 Å². The number of benzene rings is 1. The standard InChI is InChI=1S/C14H11N3O2/c1-9-2-4-10(5-3-9)13-16-15-12-8-11(14(18)19)6-7-17(12)13/h2-8H,1H3,(H,18,19). The molecule has 0 atom stereocenters. The van der Waals surface area contributed by atoms with Crippen molar-refractivity contribution >= 4 is 11.6 Å². The Hall–Kier alpha value is -2.69. The van der Waals surface area contributed by atoms with Crippen LogP contribution in [0.4, 0.5) is 0 Å². The molecule has 94 valence electrons. The normalized spacial score (nSPS) is 10.8. The molecule has 1 aromatic carbocycles. The van der Waals surface area contributed by atoms with Crippen LogP contribution < -0.4 is 0 Å². The fraction of sp³-hybridized carbons (Fsp3) is 0.0714. The van der Waals surface area contributed by atoms with Gasteiger partial charge in [-0.25, -0.2) is 4.79 Å². The number of fused-ring (bicyclic) bond motifs is 1. The monoisotopic (exact) mass is 253 g/mol. The van der Waals surface area contributed by atoms with Gasteiger partial charge in [-0.2, -0.15) is 0 Å². The summed E-state index contributed by atoms with van der Waals surface area (Å²) in [5.41, 5.74) is 2.85. The van der Waals surface area contributed by atoms with Crippen LogP contribution in [0.1, 0.15) is 15.9 Å². The smallest absolute Gasteiger partial charge is 0.335 e. The number of carboxylic acid groups (broad SMARTS) is 1. The first-order valence-corrected chi connectivity index (χ1v) is 5.80. The maximum absolute atomic E-state index is 10.9. The van der Waals surface area contributed by atoms with E-state index in [0.717, 1.165) is 5.56 Å². The molecule has 3 rings (SSSR count). The summed E-state index contributed by atoms with van der Waals surface area (Å²) in [6, 6.07) is 11.0. The second kappa shape index (κ2) is 4.20. The van der Waals surface area contributed by atoms with Crippen LogP contribution in [0, 0.1) is 6.92 Å². The minimum atomic E-state index is -0.970. The molecule has 5 nitrogen and oxygen atoms in total. The molecule has 5 heteroatoms. The van der Waals surface area contributed by atoms with E-state index in [0.29, 0.717) is 11.5 Å². The summed E-state index contributed by atoms with van der Waals surface area (Å²) in [7, 11) is 0. The van der Waals surface area contributed by atoms with Crippen molar-refractivity contribution in [2.45, 2.75) is 6.92 Å². The lowest BCUT2D eigenvalue weighted by molar-refractivity contribution is 0.0697. The molecule has 0 bridgehead atoms. The third-order valence-electron chi connectivity index (χ3n) is 2.97. The fourth-order valence-corrected chi connectivity index (χ4v) is 1.92. The highest BCUT2D eigenvalue weighted by Gasteiger charge is 2.10. The summed E-state index contributed by atoms with van der Waals surface area (Å²) in [5.74, 6) is -0.269. The van der Waals surface area contributed by atoms with E-state index in [1.54, 1.807) is 10.6 Å². The van der Waals surface area contributed by atoms with E-state index in [4.69, 9.17) is 5.11 Å². The predicted octanol–water partition coefficient (Wildman–Crippen LogP) is 2.40. The second-order valence-electron chi connectivity index (χ2n) is 4.34. The van der Waals surface area contributed by atoms with Gasteiger partial charge in [-0.3, -0.25) is 4.40 Å². The van der Waals surface area contributed by atoms with Crippen LogP contribution in [-0.2, 0) is 0 Å². The third-order valence-corrected chi connectivity index (χ3v) is 2.97. The SMILES string of the molecule is Cc1ccc(-c2nnc3cc(C(=O)O)ccn23)cc1. The largest absolute Gasteiger partial charge is 0.478 e. The average Bonchev–Trinajstić information content (AvgIpc) is 2.82. The Morgan fingerprint density at radius 3 is 2.58 bits per heavy atom. The topological polar surface area (TPSA) is 67.5 Å². The van der Waals surface area contributed by atoms with E-state index in [2.05, 4.69) is 10.2 Å². The number of hydrogen-bond acceptors (Lipinski definition) is 3. The van der Waals surface area contributed by atoms with Gasteiger partial charge < -0.3 is 5.11 Å². The first kappa shape index (κ1) is 11.4. The van der Waals surface area contributed by atoms with E-state index in [-0.39, 0.29) is 5.56 Å². The lowest BCUT2D eigenvalue weighted by atomic mass is 10.1. The maximum atomic E-state index is 10.9. The molecule has 0 unspecified atom stereocenters. The first-order chi connectivity index (χ1) is 9.15. The quantitative estimate of drug-likeness (QED) is 0.761. The van der Waals surface area contributed by atoms with Crippen LogP contribution >= 0.6 is 0 Å². The van der Waals surface area contributed by atoms with Crippen LogP contribution in [0.5, 0.6) is 0 Å². The number of carbonyl (C=O) groups is 1. The van der Waals surface area contributed by atoms with Crippen molar-refractivity contribution in [3.63, 3.8) is 0 Å². The van der Waals surface area contributed by atoms with Gasteiger partial charge >= 0.3 is 5.97 Å². The van der Waals surface area contributed by atoms with Crippen molar-refractivity contribution in [3.8, 4) is 11.4 Å². The molecule has 0 aliphatic carbocycles. The van der Waals surface area contributed by atoms with Crippen molar-refractivity contribution in [2.24, 2.45) is 0 Å². The molecule has 0 amide bonds. The molecule has 0 saturated carbocycles. The molecular weight excluding hydrogens is 242 g/mol. The number of nitrogens with zero attached hydrogens (tertiary/aromatic N) is 3. The zero-order valence-electron chi connectivity index (χ0n) is 10.2. The number of aromatic carboxylic acids is 1. The van der Waals surface area contributed by atoms with E-state index in [1.165, 1.54) is 17.7 Å². The van der Waals surface area contributed by atoms with Gasteiger partial charge in [-0.1, -0.05) is 29.8 Å². The summed E-state index contributed by atoms with van der Waals surface area (Å²) in [6.45, 7) is 2.02. The second-order valence-corrected chi connectivity index (χ2v) is 4.34. The molecule has 2 heterocycles. The molecule has 0 aliphatic rings. The minimum absolute atomic E-state index is 0.204. The summed E-state index contributed by atoms with van der Waals surface area (Å²) >= 11 is 0. The molecule has 0 aliphatic heterocycles. The van der Waals surface area contributed by atoms with Crippen LogP contribution in [0.25, 0.3) is 17.0 Å². The van der Waals surface area contributed by atoms with Gasteiger partial charge in [0.2, 0.25) is 0 Å². The summed E-state index contributed by atoms with van der Waals surface area (Å²) in [5, 5.41) is 17.1. The average molecular weight is 253 g/mol. The van der Waals surface area contributed by atoms with Crippen LogP contribution in [0.3, 0.4) is 0 Å². The molecular formula is C14H11N3O2. The number of rotatable bonds is 2. The number of hydrogen-bond donors (Lipinski definition) is 1. The molecule has 19 heavy (non-hydrogen) atoms. The summed E-state index contributed by atoms with van der Waals surface area (Å²) < 4.78 is 1.77. The van der Waals surface area contributed by atoms with Gasteiger partial charge in [0.25, 0.3) is 0 Å². The third kappa shape index (κ3) is 1.95. The zero-order valence-corrected chi connectivity index (χ0v) is 10.2. The molecule has 0 fully saturated rings. The Bertz CT molecular complexity index is 760. The zero-order chi connectivity index (χ0) is 13.4. The highest BCUT2D eigenvalue weighted by molar-refractivity contribution is 5.88. The van der Waals surface area contributed by atoms with Crippen LogP contribution in [0.15, 0.2) is 42.6 Å². The molecule has 3 aromatic rings. The highest BCUT2D eigenvalue weighted by Crippen LogP contribution is 2.19. The Kier molecular flexibility index (Phi) is 2.52. The highest BCUT2D eigenvalue weighted by atomic mass is 16.4. The van der Waals surface area contributed by atoms with Gasteiger partial charge in [-0.05, 0) is 19.1 Å². The van der Waals surface area contributed by atoms with Gasteiger partial charge in [-0.15, -0.1) is 10.2 Å². The summed E-state index contributed by atoms with van der Waals surface area (Å²) in [6.07, 6.45) is 1.67. The Labute approximate surface area is 109 Å². The maximum Gasteiger partial charge on any atom is 0.335 e. The lowest BCUT2D eigenvalue weighted by Gasteiger charge is -2.01. The predicted molar refractivity (Wildman–Crippen MR) is 70.1 cm³/mol. The van der Waals surface area contributed by atoms with Gasteiger partial charge in [0, 0.05) is 11.8 Å². The Morgan fingerprint density at radius 2 is 1.89 bits per heavy atom. The fourth-order valence-electron chi connectivity index (χ4n) is 1.92. The lowest BCUT2D eigenvalue weighted by Crippen LogP contribution is -1.98. The van der Waals surface area contributed by atoms with Crippen LogP contribution in [0.2, 0.25) is 0 Å². The van der Waals surface area contributed by atoms with E-state index in [9.17, 15) is 4.79 Å². The number of aromatic nitrogens is 3. The minimum Gasteiger partial charge on any atom is -0.478 e. The van der Waals surface area contributed by atoms with Crippen molar-refractivity contribution < 1.29 is 9.90 Å². The number of pyridine rings is 1. The molecule has 0 spiro atoms. The van der Waals surface area contributed by atoms with Crippen molar-refractivity contribution in [3.05, 3.63) is 53.7 Å². The van der Waals surface area contributed by atoms with Crippen molar-refractivity contribution in [1.82, 2.24) is 14.6 Å². The van der Waals surface area contributed by atoms with Crippen molar-refractivity contribution in [2.75, 3.05) is 0 Å². The molecule has 1 N–H and O–H groups in total.